The van der Waals surface area contributed by atoms with Crippen molar-refractivity contribution in [2.45, 2.75) is 27.3 Å². The van der Waals surface area contributed by atoms with E-state index >= 15 is 0 Å². The Labute approximate surface area is 100.0 Å². The minimum Gasteiger partial charge on any atom is -0.352 e. The fourth-order valence-electron chi connectivity index (χ4n) is 1.23. The molecule has 1 aromatic carbocycles. The largest absolute Gasteiger partial charge is 0.352 e. The fourth-order valence-corrected chi connectivity index (χ4v) is 1.23. The van der Waals surface area contributed by atoms with Gasteiger partial charge in [-0.15, -0.1) is 0 Å². The number of hydrogen-bond donors (Lipinski definition) is 1. The van der Waals surface area contributed by atoms with Crippen molar-refractivity contribution < 1.29 is 9.72 Å². The zero-order valence-corrected chi connectivity index (χ0v) is 10.2. The minimum absolute atomic E-state index is 0.0347. The van der Waals surface area contributed by atoms with Crippen molar-refractivity contribution in [2.75, 3.05) is 0 Å². The molecule has 92 valence electrons. The maximum absolute atomic E-state index is 11.6. The summed E-state index contributed by atoms with van der Waals surface area (Å²) in [7, 11) is 0. The van der Waals surface area contributed by atoms with E-state index in [4.69, 9.17) is 0 Å². The van der Waals surface area contributed by atoms with Gasteiger partial charge in [0.1, 0.15) is 0 Å². The van der Waals surface area contributed by atoms with Crippen LogP contribution in [0, 0.1) is 15.5 Å². The highest BCUT2D eigenvalue weighted by atomic mass is 16.6. The molecule has 5 heteroatoms. The van der Waals surface area contributed by atoms with Crippen LogP contribution in [0.2, 0.25) is 0 Å². The Bertz CT molecular complexity index is 436. The molecule has 0 heterocycles. The van der Waals surface area contributed by atoms with Crippen LogP contribution in [0.4, 0.5) is 5.69 Å². The zero-order valence-electron chi connectivity index (χ0n) is 10.2. The van der Waals surface area contributed by atoms with Gasteiger partial charge in [-0.2, -0.15) is 0 Å². The van der Waals surface area contributed by atoms with Gasteiger partial charge in [0.25, 0.3) is 5.69 Å². The highest BCUT2D eigenvalue weighted by molar-refractivity contribution is 5.81. The molecule has 0 aromatic heterocycles. The number of nitro groups is 1. The number of amides is 1. The second-order valence-electron chi connectivity index (χ2n) is 4.86. The summed E-state index contributed by atoms with van der Waals surface area (Å²) >= 11 is 0. The first-order valence-electron chi connectivity index (χ1n) is 5.32. The van der Waals surface area contributed by atoms with Gasteiger partial charge in [-0.05, 0) is 5.56 Å². The Balaban J connectivity index is 2.67. The molecule has 0 saturated heterocycles. The van der Waals surface area contributed by atoms with Crippen molar-refractivity contribution in [3.05, 3.63) is 39.9 Å². The Hall–Kier alpha value is -1.91. The summed E-state index contributed by atoms with van der Waals surface area (Å²) in [5.41, 5.74) is 0.296. The van der Waals surface area contributed by atoms with E-state index in [1.165, 1.54) is 12.1 Å². The summed E-state index contributed by atoms with van der Waals surface area (Å²) in [6.07, 6.45) is 0. The van der Waals surface area contributed by atoms with Crippen molar-refractivity contribution in [3.63, 3.8) is 0 Å². The maximum Gasteiger partial charge on any atom is 0.269 e. The van der Waals surface area contributed by atoms with Gasteiger partial charge in [0.2, 0.25) is 5.91 Å². The van der Waals surface area contributed by atoms with Gasteiger partial charge in [-0.3, -0.25) is 14.9 Å². The lowest BCUT2D eigenvalue weighted by atomic mass is 9.95. The average molecular weight is 236 g/mol. The van der Waals surface area contributed by atoms with Gasteiger partial charge < -0.3 is 5.32 Å². The van der Waals surface area contributed by atoms with Crippen LogP contribution in [-0.4, -0.2) is 10.8 Å². The number of hydrogen-bond acceptors (Lipinski definition) is 3. The number of nitro benzene ring substituents is 1. The molecule has 1 aromatic rings. The number of rotatable bonds is 3. The van der Waals surface area contributed by atoms with Crippen LogP contribution in [-0.2, 0) is 11.3 Å². The van der Waals surface area contributed by atoms with E-state index in [-0.39, 0.29) is 11.6 Å². The van der Waals surface area contributed by atoms with Crippen molar-refractivity contribution in [3.8, 4) is 0 Å². The third-order valence-electron chi connectivity index (χ3n) is 2.26. The first kappa shape index (κ1) is 13.2. The Morgan fingerprint density at radius 1 is 1.41 bits per heavy atom. The topological polar surface area (TPSA) is 72.2 Å². The van der Waals surface area contributed by atoms with E-state index in [2.05, 4.69) is 5.32 Å². The van der Waals surface area contributed by atoms with Gasteiger partial charge in [0, 0.05) is 24.1 Å². The van der Waals surface area contributed by atoms with Crippen LogP contribution in [0.25, 0.3) is 0 Å². The predicted octanol–water partition coefficient (Wildman–Crippen LogP) is 2.26. The van der Waals surface area contributed by atoms with E-state index in [0.717, 1.165) is 5.56 Å². The number of non-ortho nitro benzene ring substituents is 1. The summed E-state index contributed by atoms with van der Waals surface area (Å²) in [4.78, 5) is 21.7. The number of nitrogens with one attached hydrogen (secondary N) is 1. The molecule has 0 saturated carbocycles. The number of carbonyl (C=O) groups excluding carboxylic acids is 1. The molecule has 1 N–H and O–H groups in total. The highest BCUT2D eigenvalue weighted by Crippen LogP contribution is 2.15. The standard InChI is InChI=1S/C12H16N2O3/c1-12(2,3)11(15)13-8-9-5-4-6-10(7-9)14(16)17/h4-7H,8H2,1-3H3,(H,13,15). The predicted molar refractivity (Wildman–Crippen MR) is 64.4 cm³/mol. The van der Waals surface area contributed by atoms with E-state index in [1.54, 1.807) is 12.1 Å². The molecule has 0 radical (unpaired) electrons. The molecule has 0 aliphatic heterocycles. The van der Waals surface area contributed by atoms with Crippen LogP contribution in [0.5, 0.6) is 0 Å². The number of carbonyl (C=O) groups is 1. The second-order valence-corrected chi connectivity index (χ2v) is 4.86. The summed E-state index contributed by atoms with van der Waals surface area (Å²) < 4.78 is 0. The van der Waals surface area contributed by atoms with Crippen molar-refractivity contribution in [1.82, 2.24) is 5.32 Å². The SMILES string of the molecule is CC(C)(C)C(=O)NCc1cccc([N+](=O)[O-])c1. The molecular formula is C12H16N2O3. The van der Waals surface area contributed by atoms with Crippen molar-refractivity contribution in [1.29, 1.82) is 0 Å². The Morgan fingerprint density at radius 3 is 2.59 bits per heavy atom. The van der Waals surface area contributed by atoms with E-state index in [1.807, 2.05) is 20.8 Å². The molecule has 0 bridgehead atoms. The molecule has 17 heavy (non-hydrogen) atoms. The summed E-state index contributed by atoms with van der Waals surface area (Å²) in [6.45, 7) is 5.75. The van der Waals surface area contributed by atoms with Crippen molar-refractivity contribution in [2.24, 2.45) is 5.41 Å². The van der Waals surface area contributed by atoms with Gasteiger partial charge >= 0.3 is 0 Å². The van der Waals surface area contributed by atoms with Crippen LogP contribution < -0.4 is 5.32 Å². The minimum atomic E-state index is -0.458. The van der Waals surface area contributed by atoms with E-state index in [9.17, 15) is 14.9 Å². The molecule has 0 fully saturated rings. The van der Waals surface area contributed by atoms with Crippen molar-refractivity contribution >= 4 is 11.6 Å². The van der Waals surface area contributed by atoms with E-state index in [0.29, 0.717) is 6.54 Å². The van der Waals surface area contributed by atoms with Gasteiger partial charge in [-0.1, -0.05) is 32.9 Å². The quantitative estimate of drug-likeness (QED) is 0.646. The van der Waals surface area contributed by atoms with Crippen LogP contribution in [0.3, 0.4) is 0 Å². The van der Waals surface area contributed by atoms with Gasteiger partial charge in [0.15, 0.2) is 0 Å². The third kappa shape index (κ3) is 3.86. The molecule has 0 unspecified atom stereocenters. The average Bonchev–Trinajstić information content (AvgIpc) is 2.25. The second kappa shape index (κ2) is 4.95. The number of nitrogens with zero attached hydrogens (tertiary/aromatic N) is 1. The number of benzene rings is 1. The molecule has 0 aliphatic carbocycles. The summed E-state index contributed by atoms with van der Waals surface area (Å²) in [6, 6.07) is 6.24. The zero-order chi connectivity index (χ0) is 13.1. The lowest BCUT2D eigenvalue weighted by Crippen LogP contribution is -2.34. The first-order valence-corrected chi connectivity index (χ1v) is 5.32. The smallest absolute Gasteiger partial charge is 0.269 e. The van der Waals surface area contributed by atoms with Gasteiger partial charge in [0.05, 0.1) is 4.92 Å². The molecule has 1 rings (SSSR count). The molecule has 0 atom stereocenters. The monoisotopic (exact) mass is 236 g/mol. The highest BCUT2D eigenvalue weighted by Gasteiger charge is 2.20. The normalized spacial score (nSPS) is 11.0. The molecular weight excluding hydrogens is 220 g/mol. The Kier molecular flexibility index (Phi) is 3.83. The summed E-state index contributed by atoms with van der Waals surface area (Å²) in [5, 5.41) is 13.3. The first-order chi connectivity index (χ1) is 7.80. The third-order valence-corrected chi connectivity index (χ3v) is 2.26. The molecule has 0 spiro atoms. The van der Waals surface area contributed by atoms with E-state index < -0.39 is 10.3 Å². The maximum atomic E-state index is 11.6. The van der Waals surface area contributed by atoms with Crippen LogP contribution >= 0.6 is 0 Å². The lowest BCUT2D eigenvalue weighted by molar-refractivity contribution is -0.384. The van der Waals surface area contributed by atoms with Crippen LogP contribution in [0.15, 0.2) is 24.3 Å². The summed E-state index contributed by atoms with van der Waals surface area (Å²) in [5.74, 6) is -0.0796. The van der Waals surface area contributed by atoms with Crippen LogP contribution in [0.1, 0.15) is 26.3 Å². The van der Waals surface area contributed by atoms with Gasteiger partial charge in [-0.25, -0.2) is 0 Å². The molecule has 1 amide bonds. The Morgan fingerprint density at radius 2 is 2.06 bits per heavy atom. The molecule has 0 aliphatic rings. The molecule has 5 nitrogen and oxygen atoms in total. The fraction of sp³-hybridized carbons (Fsp3) is 0.417. The lowest BCUT2D eigenvalue weighted by Gasteiger charge is -2.17.